The van der Waals surface area contributed by atoms with Crippen molar-refractivity contribution in [1.82, 2.24) is 5.43 Å². The highest BCUT2D eigenvalue weighted by Gasteiger charge is 2.15. The average molecular weight is 401 g/mol. The number of benzene rings is 2. The molecule has 3 amide bonds. The fourth-order valence-corrected chi connectivity index (χ4v) is 2.41. The van der Waals surface area contributed by atoms with Gasteiger partial charge in [-0.05, 0) is 50.6 Å². The normalized spacial score (nSPS) is 10.9. The summed E-state index contributed by atoms with van der Waals surface area (Å²) in [6.45, 7) is 5.26. The van der Waals surface area contributed by atoms with Gasteiger partial charge in [-0.2, -0.15) is 5.10 Å². The number of carbonyl (C=O) groups is 3. The minimum atomic E-state index is -0.947. The van der Waals surface area contributed by atoms with Crippen LogP contribution in [0, 0.1) is 13.8 Å². The molecule has 0 aliphatic rings. The van der Waals surface area contributed by atoms with Gasteiger partial charge < -0.3 is 10.6 Å². The lowest BCUT2D eigenvalue weighted by atomic mass is 10.2. The lowest BCUT2D eigenvalue weighted by Gasteiger charge is -2.09. The Balaban J connectivity index is 1.86. The molecule has 0 aromatic heterocycles. The van der Waals surface area contributed by atoms with Crippen LogP contribution in [0.2, 0.25) is 5.02 Å². The zero-order valence-electron chi connectivity index (χ0n) is 15.8. The van der Waals surface area contributed by atoms with Crippen LogP contribution < -0.4 is 16.1 Å². The highest BCUT2D eigenvalue weighted by molar-refractivity contribution is 6.40. The predicted octanol–water partition coefficient (Wildman–Crippen LogP) is 3.42. The smallest absolute Gasteiger partial charge is 0.326 e. The van der Waals surface area contributed by atoms with Crippen molar-refractivity contribution in [2.45, 2.75) is 27.2 Å². The van der Waals surface area contributed by atoms with Gasteiger partial charge in [0.05, 0.1) is 6.42 Å². The van der Waals surface area contributed by atoms with Crippen LogP contribution in [0.4, 0.5) is 11.4 Å². The van der Waals surface area contributed by atoms with E-state index >= 15 is 0 Å². The molecular formula is C20H21ClN4O3. The minimum absolute atomic E-state index is 0.0246. The summed E-state index contributed by atoms with van der Waals surface area (Å²) in [4.78, 5) is 35.9. The minimum Gasteiger partial charge on any atom is -0.326 e. The molecule has 0 saturated heterocycles. The molecule has 0 radical (unpaired) electrons. The van der Waals surface area contributed by atoms with Crippen LogP contribution in [-0.4, -0.2) is 23.4 Å². The monoisotopic (exact) mass is 400 g/mol. The Bertz CT molecular complexity index is 924. The molecule has 28 heavy (non-hydrogen) atoms. The molecule has 146 valence electrons. The number of hydrogen-bond acceptors (Lipinski definition) is 4. The molecule has 0 spiro atoms. The molecule has 0 atom stereocenters. The van der Waals surface area contributed by atoms with Gasteiger partial charge in [-0.15, -0.1) is 0 Å². The topological polar surface area (TPSA) is 99.7 Å². The maximum Gasteiger partial charge on any atom is 0.329 e. The molecule has 0 aliphatic heterocycles. The Morgan fingerprint density at radius 2 is 1.64 bits per heavy atom. The summed E-state index contributed by atoms with van der Waals surface area (Å²) in [5, 5.41) is 9.47. The molecule has 0 saturated carbocycles. The number of nitrogens with one attached hydrogen (secondary N) is 3. The van der Waals surface area contributed by atoms with E-state index in [-0.39, 0.29) is 12.3 Å². The Hall–Kier alpha value is -3.19. The van der Waals surface area contributed by atoms with E-state index in [0.29, 0.717) is 27.7 Å². The van der Waals surface area contributed by atoms with Crippen LogP contribution >= 0.6 is 11.6 Å². The van der Waals surface area contributed by atoms with E-state index in [1.165, 1.54) is 0 Å². The second-order valence-electron chi connectivity index (χ2n) is 6.25. The zero-order chi connectivity index (χ0) is 20.7. The molecule has 0 bridgehead atoms. The van der Waals surface area contributed by atoms with E-state index in [1.807, 2.05) is 19.1 Å². The maximum atomic E-state index is 12.0. The third-order valence-electron chi connectivity index (χ3n) is 3.82. The number of hydrazone groups is 1. The van der Waals surface area contributed by atoms with E-state index in [4.69, 9.17) is 11.6 Å². The van der Waals surface area contributed by atoms with Crippen LogP contribution in [0.5, 0.6) is 0 Å². The van der Waals surface area contributed by atoms with Gasteiger partial charge in [0.1, 0.15) is 0 Å². The lowest BCUT2D eigenvalue weighted by Crippen LogP contribution is -2.33. The summed E-state index contributed by atoms with van der Waals surface area (Å²) >= 11 is 5.98. The quantitative estimate of drug-likeness (QED) is 0.407. The van der Waals surface area contributed by atoms with Gasteiger partial charge in [0.25, 0.3) is 0 Å². The Morgan fingerprint density at radius 3 is 2.32 bits per heavy atom. The number of hydrogen-bond donors (Lipinski definition) is 3. The molecule has 3 N–H and O–H groups in total. The van der Waals surface area contributed by atoms with Crippen molar-refractivity contribution in [2.24, 2.45) is 5.10 Å². The SMILES string of the molecule is CC(CC(=O)Nc1ccc(C)cc1)=NNC(=O)C(=O)Nc1cccc(Cl)c1C. The van der Waals surface area contributed by atoms with E-state index in [0.717, 1.165) is 5.56 Å². The Morgan fingerprint density at radius 1 is 0.964 bits per heavy atom. The maximum absolute atomic E-state index is 12.0. The highest BCUT2D eigenvalue weighted by atomic mass is 35.5. The molecule has 8 heteroatoms. The number of halogens is 1. The van der Waals surface area contributed by atoms with Gasteiger partial charge >= 0.3 is 11.8 Å². The van der Waals surface area contributed by atoms with Crippen molar-refractivity contribution in [3.05, 3.63) is 58.6 Å². The third kappa shape index (κ3) is 6.21. The van der Waals surface area contributed by atoms with Gasteiger partial charge in [0.15, 0.2) is 0 Å². The first kappa shape index (κ1) is 21.1. The van der Waals surface area contributed by atoms with Crippen molar-refractivity contribution in [2.75, 3.05) is 10.6 Å². The summed E-state index contributed by atoms with van der Waals surface area (Å²) in [6, 6.07) is 12.3. The third-order valence-corrected chi connectivity index (χ3v) is 4.23. The van der Waals surface area contributed by atoms with Crippen molar-refractivity contribution in [1.29, 1.82) is 0 Å². The first-order chi connectivity index (χ1) is 13.3. The second kappa shape index (κ2) is 9.66. The Kier molecular flexibility index (Phi) is 7.28. The number of nitrogens with zero attached hydrogens (tertiary/aromatic N) is 1. The summed E-state index contributed by atoms with van der Waals surface area (Å²) in [5.41, 5.74) is 5.33. The molecular weight excluding hydrogens is 380 g/mol. The van der Waals surface area contributed by atoms with Crippen molar-refractivity contribution >= 4 is 46.4 Å². The standard InChI is InChI=1S/C20H21ClN4O3/c1-12-7-9-15(10-8-12)22-18(26)11-13(2)24-25-20(28)19(27)23-17-6-4-5-16(21)14(17)3/h4-10H,11H2,1-3H3,(H,22,26)(H,23,27)(H,25,28). The summed E-state index contributed by atoms with van der Waals surface area (Å²) in [5.74, 6) is -2.11. The first-order valence-corrected chi connectivity index (χ1v) is 8.90. The number of aryl methyl sites for hydroxylation is 1. The van der Waals surface area contributed by atoms with Crippen molar-refractivity contribution < 1.29 is 14.4 Å². The summed E-state index contributed by atoms with van der Waals surface area (Å²) in [6.07, 6.45) is -0.0246. The lowest BCUT2D eigenvalue weighted by molar-refractivity contribution is -0.136. The van der Waals surface area contributed by atoms with Gasteiger partial charge in [0.2, 0.25) is 5.91 Å². The van der Waals surface area contributed by atoms with Crippen LogP contribution in [0.1, 0.15) is 24.5 Å². The first-order valence-electron chi connectivity index (χ1n) is 8.52. The highest BCUT2D eigenvalue weighted by Crippen LogP contribution is 2.22. The van der Waals surface area contributed by atoms with E-state index in [1.54, 1.807) is 44.2 Å². The average Bonchev–Trinajstić information content (AvgIpc) is 2.65. The largest absolute Gasteiger partial charge is 0.329 e. The second-order valence-corrected chi connectivity index (χ2v) is 6.65. The van der Waals surface area contributed by atoms with Gasteiger partial charge in [-0.3, -0.25) is 14.4 Å². The molecule has 2 rings (SSSR count). The van der Waals surface area contributed by atoms with E-state index < -0.39 is 11.8 Å². The van der Waals surface area contributed by atoms with Crippen LogP contribution in [0.3, 0.4) is 0 Å². The van der Waals surface area contributed by atoms with Crippen molar-refractivity contribution in [3.8, 4) is 0 Å². The number of carbonyl (C=O) groups excluding carboxylic acids is 3. The molecule has 0 unspecified atom stereocenters. The van der Waals surface area contributed by atoms with Crippen LogP contribution in [-0.2, 0) is 14.4 Å². The van der Waals surface area contributed by atoms with Gasteiger partial charge in [-0.1, -0.05) is 35.4 Å². The summed E-state index contributed by atoms with van der Waals surface area (Å²) in [7, 11) is 0. The van der Waals surface area contributed by atoms with Crippen molar-refractivity contribution in [3.63, 3.8) is 0 Å². The van der Waals surface area contributed by atoms with E-state index in [9.17, 15) is 14.4 Å². The number of amides is 3. The predicted molar refractivity (Wildman–Crippen MR) is 110 cm³/mol. The molecule has 2 aromatic carbocycles. The molecule has 0 heterocycles. The van der Waals surface area contributed by atoms with Crippen LogP contribution in [0.25, 0.3) is 0 Å². The number of rotatable bonds is 5. The molecule has 0 aliphatic carbocycles. The fraction of sp³-hybridized carbons (Fsp3) is 0.200. The van der Waals surface area contributed by atoms with Crippen LogP contribution in [0.15, 0.2) is 47.6 Å². The molecule has 2 aromatic rings. The van der Waals surface area contributed by atoms with E-state index in [2.05, 4.69) is 21.2 Å². The molecule has 0 fully saturated rings. The Labute approximate surface area is 168 Å². The molecule has 7 nitrogen and oxygen atoms in total. The summed E-state index contributed by atoms with van der Waals surface area (Å²) < 4.78 is 0. The van der Waals surface area contributed by atoms with Gasteiger partial charge in [0, 0.05) is 22.1 Å². The fourth-order valence-electron chi connectivity index (χ4n) is 2.23. The van der Waals surface area contributed by atoms with Gasteiger partial charge in [-0.25, -0.2) is 5.43 Å². The number of anilines is 2. The zero-order valence-corrected chi connectivity index (χ0v) is 16.6.